The summed E-state index contributed by atoms with van der Waals surface area (Å²) >= 11 is 0. The fourth-order valence-electron chi connectivity index (χ4n) is 1.33. The number of hydrogen-bond donors (Lipinski definition) is 2. The van der Waals surface area contributed by atoms with Gasteiger partial charge < -0.3 is 15.8 Å². The van der Waals surface area contributed by atoms with E-state index < -0.39 is 0 Å². The Morgan fingerprint density at radius 3 is 2.76 bits per heavy atom. The first-order valence-corrected chi connectivity index (χ1v) is 6.27. The summed E-state index contributed by atoms with van der Waals surface area (Å²) in [5, 5.41) is 3.23. The molecule has 0 aliphatic carbocycles. The van der Waals surface area contributed by atoms with Gasteiger partial charge in [-0.3, -0.25) is 0 Å². The second-order valence-electron chi connectivity index (χ2n) is 3.92. The van der Waals surface area contributed by atoms with Crippen molar-refractivity contribution in [2.45, 2.75) is 39.5 Å². The van der Waals surface area contributed by atoms with Gasteiger partial charge in [-0.2, -0.15) is 4.98 Å². The number of nitrogens with two attached hydrogens (primary N) is 1. The Labute approximate surface area is 103 Å². The van der Waals surface area contributed by atoms with Gasteiger partial charge in [0.1, 0.15) is 0 Å². The number of ether oxygens (including phenoxy) is 1. The van der Waals surface area contributed by atoms with E-state index in [1.807, 2.05) is 0 Å². The Kier molecular flexibility index (Phi) is 6.14. The van der Waals surface area contributed by atoms with Crippen molar-refractivity contribution in [3.63, 3.8) is 0 Å². The summed E-state index contributed by atoms with van der Waals surface area (Å²) in [4.78, 5) is 8.10. The normalized spacial score (nSPS) is 10.2. The zero-order chi connectivity index (χ0) is 12.5. The van der Waals surface area contributed by atoms with Crippen LogP contribution in [0.25, 0.3) is 0 Å². The molecule has 0 saturated carbocycles. The van der Waals surface area contributed by atoms with E-state index in [0.29, 0.717) is 18.2 Å². The maximum absolute atomic E-state index is 5.62. The first-order valence-electron chi connectivity index (χ1n) is 6.27. The number of aromatic nitrogens is 2. The average Bonchev–Trinajstić information content (AvgIpc) is 2.32. The molecule has 0 aliphatic rings. The quantitative estimate of drug-likeness (QED) is 0.680. The van der Waals surface area contributed by atoms with Gasteiger partial charge in [0.05, 0.1) is 12.8 Å². The lowest BCUT2D eigenvalue weighted by molar-refractivity contribution is 0.308. The van der Waals surface area contributed by atoms with Crippen molar-refractivity contribution in [2.75, 3.05) is 24.2 Å². The minimum Gasteiger partial charge on any atom is -0.488 e. The molecular formula is C12H22N4O. The summed E-state index contributed by atoms with van der Waals surface area (Å²) in [7, 11) is 0. The van der Waals surface area contributed by atoms with Crippen LogP contribution < -0.4 is 15.8 Å². The molecule has 0 bridgehead atoms. The minimum atomic E-state index is 0.270. The van der Waals surface area contributed by atoms with Gasteiger partial charge in [0.25, 0.3) is 0 Å². The molecular weight excluding hydrogens is 216 g/mol. The molecule has 0 unspecified atom stereocenters. The Balaban J connectivity index is 2.59. The summed E-state index contributed by atoms with van der Waals surface area (Å²) in [6, 6.07) is 0. The van der Waals surface area contributed by atoms with E-state index in [9.17, 15) is 0 Å². The van der Waals surface area contributed by atoms with Crippen molar-refractivity contribution in [3.8, 4) is 5.75 Å². The van der Waals surface area contributed by atoms with E-state index in [-0.39, 0.29) is 5.95 Å². The zero-order valence-electron chi connectivity index (χ0n) is 10.7. The summed E-state index contributed by atoms with van der Waals surface area (Å²) in [6.45, 7) is 5.83. The molecule has 0 spiro atoms. The number of nitrogens with one attached hydrogen (secondary N) is 1. The summed E-state index contributed by atoms with van der Waals surface area (Å²) in [5.41, 5.74) is 5.57. The van der Waals surface area contributed by atoms with Crippen LogP contribution in [0.5, 0.6) is 5.75 Å². The highest BCUT2D eigenvalue weighted by atomic mass is 16.5. The molecule has 1 aromatic heterocycles. The van der Waals surface area contributed by atoms with Crippen LogP contribution in [0.3, 0.4) is 0 Å². The highest BCUT2D eigenvalue weighted by Crippen LogP contribution is 2.21. The molecule has 96 valence electrons. The number of nitrogens with zero attached hydrogens (tertiary/aromatic N) is 2. The Hall–Kier alpha value is -1.52. The molecule has 17 heavy (non-hydrogen) atoms. The van der Waals surface area contributed by atoms with Crippen molar-refractivity contribution in [1.29, 1.82) is 0 Å². The van der Waals surface area contributed by atoms with Crippen LogP contribution in [-0.4, -0.2) is 23.1 Å². The van der Waals surface area contributed by atoms with Crippen molar-refractivity contribution in [1.82, 2.24) is 9.97 Å². The molecule has 0 atom stereocenters. The van der Waals surface area contributed by atoms with Crippen LogP contribution >= 0.6 is 0 Å². The number of hydrogen-bond acceptors (Lipinski definition) is 5. The largest absolute Gasteiger partial charge is 0.488 e. The molecule has 1 heterocycles. The Morgan fingerprint density at radius 1 is 1.29 bits per heavy atom. The molecule has 0 aromatic carbocycles. The monoisotopic (exact) mass is 238 g/mol. The van der Waals surface area contributed by atoms with E-state index in [2.05, 4.69) is 29.1 Å². The molecule has 5 heteroatoms. The van der Waals surface area contributed by atoms with Crippen LogP contribution in [0.1, 0.15) is 39.5 Å². The van der Waals surface area contributed by atoms with Gasteiger partial charge in [-0.1, -0.05) is 26.7 Å². The first kappa shape index (κ1) is 13.5. The Bertz CT molecular complexity index is 330. The molecule has 1 aromatic rings. The van der Waals surface area contributed by atoms with Gasteiger partial charge in [0, 0.05) is 6.54 Å². The second kappa shape index (κ2) is 7.70. The van der Waals surface area contributed by atoms with Gasteiger partial charge in [-0.05, 0) is 12.8 Å². The maximum atomic E-state index is 5.62. The molecule has 3 N–H and O–H groups in total. The molecule has 0 fully saturated rings. The Morgan fingerprint density at radius 2 is 2.06 bits per heavy atom. The van der Waals surface area contributed by atoms with Crippen molar-refractivity contribution in [3.05, 3.63) is 6.20 Å². The smallest absolute Gasteiger partial charge is 0.222 e. The van der Waals surface area contributed by atoms with Crippen molar-refractivity contribution in [2.24, 2.45) is 0 Å². The number of rotatable bonds is 8. The maximum Gasteiger partial charge on any atom is 0.222 e. The third-order valence-electron chi connectivity index (χ3n) is 2.35. The van der Waals surface area contributed by atoms with E-state index in [1.165, 1.54) is 0 Å². The molecule has 5 nitrogen and oxygen atoms in total. The molecule has 1 rings (SSSR count). The lowest BCUT2D eigenvalue weighted by Crippen LogP contribution is -2.09. The highest BCUT2D eigenvalue weighted by molar-refractivity contribution is 5.51. The number of anilines is 2. The first-order chi connectivity index (χ1) is 8.27. The van der Waals surface area contributed by atoms with Crippen molar-refractivity contribution < 1.29 is 4.74 Å². The SMILES string of the molecule is CCCCNc1nc(N)ncc1OCCCC. The van der Waals surface area contributed by atoms with Gasteiger partial charge in [0.15, 0.2) is 11.6 Å². The fraction of sp³-hybridized carbons (Fsp3) is 0.667. The second-order valence-corrected chi connectivity index (χ2v) is 3.92. The summed E-state index contributed by atoms with van der Waals surface area (Å²) < 4.78 is 5.62. The van der Waals surface area contributed by atoms with Gasteiger partial charge >= 0.3 is 0 Å². The molecule has 0 aliphatic heterocycles. The third kappa shape index (κ3) is 4.89. The predicted molar refractivity (Wildman–Crippen MR) is 70.2 cm³/mol. The molecule has 0 saturated heterocycles. The lowest BCUT2D eigenvalue weighted by atomic mass is 10.3. The van der Waals surface area contributed by atoms with Crippen LogP contribution in [0.15, 0.2) is 6.20 Å². The lowest BCUT2D eigenvalue weighted by Gasteiger charge is -2.11. The van der Waals surface area contributed by atoms with Crippen molar-refractivity contribution >= 4 is 11.8 Å². The van der Waals surface area contributed by atoms with Gasteiger partial charge in [0.2, 0.25) is 5.95 Å². The topological polar surface area (TPSA) is 73.1 Å². The van der Waals surface area contributed by atoms with Gasteiger partial charge in [-0.25, -0.2) is 4.98 Å². The minimum absolute atomic E-state index is 0.270. The summed E-state index contributed by atoms with van der Waals surface area (Å²) in [5.74, 6) is 1.65. The van der Waals surface area contributed by atoms with Crippen LogP contribution in [0.4, 0.5) is 11.8 Å². The van der Waals surface area contributed by atoms with E-state index in [1.54, 1.807) is 6.20 Å². The standard InChI is InChI=1S/C12H22N4O/c1-3-5-7-14-11-10(17-8-6-4-2)9-15-12(13)16-11/h9H,3-8H2,1-2H3,(H3,13,14,15,16). The summed E-state index contributed by atoms with van der Waals surface area (Å²) in [6.07, 6.45) is 6.00. The van der Waals surface area contributed by atoms with Gasteiger partial charge in [-0.15, -0.1) is 0 Å². The van der Waals surface area contributed by atoms with E-state index in [4.69, 9.17) is 10.5 Å². The predicted octanol–water partition coefficient (Wildman–Crippen LogP) is 2.45. The van der Waals surface area contributed by atoms with E-state index >= 15 is 0 Å². The molecule has 0 radical (unpaired) electrons. The zero-order valence-corrected chi connectivity index (χ0v) is 10.7. The van der Waals surface area contributed by atoms with Crippen LogP contribution in [0.2, 0.25) is 0 Å². The van der Waals surface area contributed by atoms with Crippen LogP contribution in [0, 0.1) is 0 Å². The van der Waals surface area contributed by atoms with Crippen LogP contribution in [-0.2, 0) is 0 Å². The molecule has 0 amide bonds. The number of nitrogen functional groups attached to an aromatic ring is 1. The third-order valence-corrected chi connectivity index (χ3v) is 2.35. The van der Waals surface area contributed by atoms with E-state index in [0.717, 1.165) is 32.2 Å². The number of unbranched alkanes of at least 4 members (excludes halogenated alkanes) is 2. The highest BCUT2D eigenvalue weighted by Gasteiger charge is 2.06. The fourth-order valence-corrected chi connectivity index (χ4v) is 1.33. The average molecular weight is 238 g/mol.